The fraction of sp³-hybridized carbons (Fsp3) is 0.625. The Morgan fingerprint density at radius 3 is 2.71 bits per heavy atom. The summed E-state index contributed by atoms with van der Waals surface area (Å²) in [6.07, 6.45) is 9.60. The van der Waals surface area contributed by atoms with Crippen LogP contribution in [0.5, 0.6) is 0 Å². The highest BCUT2D eigenvalue weighted by atomic mass is 14.9. The lowest BCUT2D eigenvalue weighted by Gasteiger charge is -2.32. The van der Waals surface area contributed by atoms with Crippen LogP contribution >= 0.6 is 0 Å². The Kier molecular flexibility index (Phi) is 3.46. The number of fused-ring (bicyclic) bond motifs is 1. The number of benzene rings is 1. The van der Waals surface area contributed by atoms with Crippen molar-refractivity contribution in [2.75, 3.05) is 6.54 Å². The molecule has 0 aromatic heterocycles. The lowest BCUT2D eigenvalue weighted by atomic mass is 9.83. The molecule has 0 unspecified atom stereocenters. The van der Waals surface area contributed by atoms with E-state index in [0.717, 1.165) is 12.0 Å². The number of aryl methyl sites for hydroxylation is 1. The van der Waals surface area contributed by atoms with Gasteiger partial charge in [-0.05, 0) is 55.7 Å². The van der Waals surface area contributed by atoms with Crippen molar-refractivity contribution in [2.45, 2.75) is 56.9 Å². The van der Waals surface area contributed by atoms with Crippen molar-refractivity contribution >= 4 is 0 Å². The molecule has 2 atom stereocenters. The number of hydrogen-bond acceptors (Lipinski definition) is 1. The zero-order valence-electron chi connectivity index (χ0n) is 10.6. The van der Waals surface area contributed by atoms with Crippen LogP contribution in [0.15, 0.2) is 24.3 Å². The highest BCUT2D eigenvalue weighted by Gasteiger charge is 2.27. The minimum Gasteiger partial charge on any atom is -0.313 e. The standard InChI is InChI=1S/C16H23N/c1-3-9-14-13(7-1)8-2-4-10-15(14)16-11-5-6-12-17-16/h1,3,7,9,15-17H,2,4-6,8,10-12H2/t15-,16-/m0/s1. The Morgan fingerprint density at radius 2 is 1.82 bits per heavy atom. The number of nitrogens with one attached hydrogen (secondary N) is 1. The van der Waals surface area contributed by atoms with Crippen LogP contribution in [0.2, 0.25) is 0 Å². The van der Waals surface area contributed by atoms with Crippen molar-refractivity contribution in [1.82, 2.24) is 5.32 Å². The van der Waals surface area contributed by atoms with Gasteiger partial charge in [0.2, 0.25) is 0 Å². The summed E-state index contributed by atoms with van der Waals surface area (Å²) in [5, 5.41) is 3.76. The van der Waals surface area contributed by atoms with E-state index in [1.165, 1.54) is 51.5 Å². The highest BCUT2D eigenvalue weighted by molar-refractivity contribution is 5.32. The topological polar surface area (TPSA) is 12.0 Å². The Morgan fingerprint density at radius 1 is 0.941 bits per heavy atom. The third-order valence-electron chi connectivity index (χ3n) is 4.50. The molecule has 0 amide bonds. The molecule has 1 aromatic rings. The van der Waals surface area contributed by atoms with E-state index in [2.05, 4.69) is 29.6 Å². The van der Waals surface area contributed by atoms with Crippen molar-refractivity contribution in [2.24, 2.45) is 0 Å². The van der Waals surface area contributed by atoms with Gasteiger partial charge in [0.25, 0.3) is 0 Å². The van der Waals surface area contributed by atoms with Crippen molar-refractivity contribution in [3.63, 3.8) is 0 Å². The van der Waals surface area contributed by atoms with Gasteiger partial charge in [-0.25, -0.2) is 0 Å². The van der Waals surface area contributed by atoms with Gasteiger partial charge < -0.3 is 5.32 Å². The number of hydrogen-bond donors (Lipinski definition) is 1. The SMILES string of the molecule is c1ccc2c(c1)CCCC[C@@H]2[C@@H]1CCCCN1. The van der Waals surface area contributed by atoms with Gasteiger partial charge in [-0.2, -0.15) is 0 Å². The number of rotatable bonds is 1. The summed E-state index contributed by atoms with van der Waals surface area (Å²) in [4.78, 5) is 0. The largest absolute Gasteiger partial charge is 0.313 e. The van der Waals surface area contributed by atoms with E-state index in [4.69, 9.17) is 0 Å². The zero-order valence-corrected chi connectivity index (χ0v) is 10.6. The van der Waals surface area contributed by atoms with Gasteiger partial charge in [-0.1, -0.05) is 37.1 Å². The van der Waals surface area contributed by atoms with Gasteiger partial charge >= 0.3 is 0 Å². The van der Waals surface area contributed by atoms with Gasteiger partial charge in [0, 0.05) is 6.04 Å². The Balaban J connectivity index is 1.88. The molecular weight excluding hydrogens is 206 g/mol. The summed E-state index contributed by atoms with van der Waals surface area (Å²) in [5.41, 5.74) is 3.26. The van der Waals surface area contributed by atoms with Crippen LogP contribution in [0.3, 0.4) is 0 Å². The first-order valence-electron chi connectivity index (χ1n) is 7.26. The van der Waals surface area contributed by atoms with Gasteiger partial charge in [0.1, 0.15) is 0 Å². The predicted octanol–water partition coefficient (Wildman–Crippen LogP) is 3.64. The first-order chi connectivity index (χ1) is 8.45. The summed E-state index contributed by atoms with van der Waals surface area (Å²) < 4.78 is 0. The average Bonchev–Trinajstić information content (AvgIpc) is 2.62. The van der Waals surface area contributed by atoms with Gasteiger partial charge in [-0.3, -0.25) is 0 Å². The van der Waals surface area contributed by atoms with Crippen LogP contribution in [-0.2, 0) is 6.42 Å². The molecule has 1 saturated heterocycles. The molecule has 1 aliphatic heterocycles. The van der Waals surface area contributed by atoms with Crippen LogP contribution < -0.4 is 5.32 Å². The van der Waals surface area contributed by atoms with Crippen LogP contribution in [0.4, 0.5) is 0 Å². The lowest BCUT2D eigenvalue weighted by molar-refractivity contribution is 0.337. The molecule has 92 valence electrons. The molecule has 0 saturated carbocycles. The van der Waals surface area contributed by atoms with Gasteiger partial charge in [0.05, 0.1) is 0 Å². The van der Waals surface area contributed by atoms with Crippen LogP contribution in [0, 0.1) is 0 Å². The van der Waals surface area contributed by atoms with Crippen molar-refractivity contribution in [1.29, 1.82) is 0 Å². The minimum atomic E-state index is 0.739. The zero-order chi connectivity index (χ0) is 11.5. The van der Waals surface area contributed by atoms with E-state index in [1.54, 1.807) is 11.1 Å². The third kappa shape index (κ3) is 2.40. The summed E-state index contributed by atoms with van der Waals surface area (Å²) >= 11 is 0. The molecule has 1 nitrogen and oxygen atoms in total. The molecule has 1 aromatic carbocycles. The fourth-order valence-corrected chi connectivity index (χ4v) is 3.60. The molecule has 1 aliphatic carbocycles. The lowest BCUT2D eigenvalue weighted by Crippen LogP contribution is -2.38. The first kappa shape index (κ1) is 11.3. The smallest absolute Gasteiger partial charge is 0.0136 e. The van der Waals surface area contributed by atoms with Crippen LogP contribution in [-0.4, -0.2) is 12.6 Å². The normalized spacial score (nSPS) is 29.4. The quantitative estimate of drug-likeness (QED) is 0.725. The molecule has 2 aliphatic rings. The third-order valence-corrected chi connectivity index (χ3v) is 4.50. The summed E-state index contributed by atoms with van der Waals surface area (Å²) in [6, 6.07) is 9.89. The molecule has 0 radical (unpaired) electrons. The van der Waals surface area contributed by atoms with Crippen LogP contribution in [0.1, 0.15) is 55.6 Å². The molecule has 17 heavy (non-hydrogen) atoms. The Hall–Kier alpha value is -0.820. The molecule has 1 fully saturated rings. The average molecular weight is 229 g/mol. The summed E-state index contributed by atoms with van der Waals surface area (Å²) in [6.45, 7) is 1.23. The van der Waals surface area contributed by atoms with Crippen LogP contribution in [0.25, 0.3) is 0 Å². The highest BCUT2D eigenvalue weighted by Crippen LogP contribution is 2.35. The Labute approximate surface area is 105 Å². The molecule has 3 rings (SSSR count). The van der Waals surface area contributed by atoms with E-state index >= 15 is 0 Å². The maximum absolute atomic E-state index is 3.76. The maximum Gasteiger partial charge on any atom is 0.0136 e. The van der Waals surface area contributed by atoms with E-state index < -0.39 is 0 Å². The second-order valence-corrected chi connectivity index (χ2v) is 5.61. The van der Waals surface area contributed by atoms with Gasteiger partial charge in [0.15, 0.2) is 0 Å². The monoisotopic (exact) mass is 229 g/mol. The van der Waals surface area contributed by atoms with Crippen molar-refractivity contribution < 1.29 is 0 Å². The summed E-state index contributed by atoms with van der Waals surface area (Å²) in [7, 11) is 0. The van der Waals surface area contributed by atoms with E-state index in [0.29, 0.717) is 0 Å². The van der Waals surface area contributed by atoms with E-state index in [1.807, 2.05) is 0 Å². The van der Waals surface area contributed by atoms with Crippen molar-refractivity contribution in [3.05, 3.63) is 35.4 Å². The minimum absolute atomic E-state index is 0.739. The molecule has 1 heterocycles. The maximum atomic E-state index is 3.76. The molecule has 0 bridgehead atoms. The van der Waals surface area contributed by atoms with Crippen molar-refractivity contribution in [3.8, 4) is 0 Å². The van der Waals surface area contributed by atoms with E-state index in [9.17, 15) is 0 Å². The Bertz CT molecular complexity index is 366. The van der Waals surface area contributed by atoms with Gasteiger partial charge in [-0.15, -0.1) is 0 Å². The molecular formula is C16H23N. The molecule has 1 N–H and O–H groups in total. The fourth-order valence-electron chi connectivity index (χ4n) is 3.60. The second-order valence-electron chi connectivity index (χ2n) is 5.61. The second kappa shape index (κ2) is 5.22. The first-order valence-corrected chi connectivity index (χ1v) is 7.26. The van der Waals surface area contributed by atoms with E-state index in [-0.39, 0.29) is 0 Å². The molecule has 0 spiro atoms. The molecule has 1 heteroatoms. The predicted molar refractivity (Wildman–Crippen MR) is 72.4 cm³/mol. The summed E-state index contributed by atoms with van der Waals surface area (Å²) in [5.74, 6) is 0.772. The number of piperidine rings is 1.